The number of carbonyl (C=O) groups is 2. The van der Waals surface area contributed by atoms with E-state index in [0.29, 0.717) is 11.4 Å². The van der Waals surface area contributed by atoms with Crippen molar-refractivity contribution >= 4 is 45.4 Å². The number of urea groups is 1. The van der Waals surface area contributed by atoms with E-state index in [1.54, 1.807) is 6.07 Å². The Labute approximate surface area is 136 Å². The predicted octanol–water partition coefficient (Wildman–Crippen LogP) is 3.53. The van der Waals surface area contributed by atoms with E-state index in [4.69, 9.17) is 0 Å². The molecule has 0 spiro atoms. The molecule has 1 saturated heterocycles. The van der Waals surface area contributed by atoms with Crippen LogP contribution in [-0.2, 0) is 4.79 Å². The molecule has 7 heteroatoms. The maximum atomic E-state index is 12.4. The number of carboxylic acids is 1. The van der Waals surface area contributed by atoms with Crippen molar-refractivity contribution in [3.63, 3.8) is 0 Å². The van der Waals surface area contributed by atoms with Gasteiger partial charge in [-0.1, -0.05) is 28.9 Å². The van der Waals surface area contributed by atoms with Gasteiger partial charge in [-0.05, 0) is 31.0 Å². The van der Waals surface area contributed by atoms with Gasteiger partial charge in [0.2, 0.25) is 0 Å². The molecule has 2 amide bonds. The van der Waals surface area contributed by atoms with Gasteiger partial charge in [-0.15, -0.1) is 11.8 Å². The first-order valence-corrected chi connectivity index (χ1v) is 8.48. The third-order valence-corrected chi connectivity index (χ3v) is 5.69. The van der Waals surface area contributed by atoms with Crippen LogP contribution in [0, 0.1) is 6.92 Å². The first kappa shape index (κ1) is 16.2. The third kappa shape index (κ3) is 3.52. The summed E-state index contributed by atoms with van der Waals surface area (Å²) < 4.78 is 0.901. The fourth-order valence-corrected chi connectivity index (χ4v) is 3.92. The zero-order valence-corrected chi connectivity index (χ0v) is 14.2. The van der Waals surface area contributed by atoms with Crippen molar-refractivity contribution in [2.75, 3.05) is 11.1 Å². The van der Waals surface area contributed by atoms with Crippen molar-refractivity contribution in [2.45, 2.75) is 31.7 Å². The molecule has 1 fully saturated rings. The SMILES string of the molecule is CCC1SCC(C(=O)O)N1C(=O)Nc1ccc(C)c(Br)c1. The Hall–Kier alpha value is -1.21. The lowest BCUT2D eigenvalue weighted by molar-refractivity contribution is -0.141. The minimum Gasteiger partial charge on any atom is -0.480 e. The standard InChI is InChI=1S/C14H17BrN2O3S/c1-3-12-17(11(7-21-12)13(18)19)14(20)16-9-5-4-8(2)10(15)6-9/h4-6,11-12H,3,7H2,1-2H3,(H,16,20)(H,18,19). The fraction of sp³-hybridized carbons (Fsp3) is 0.429. The van der Waals surface area contributed by atoms with Gasteiger partial charge in [-0.2, -0.15) is 0 Å². The van der Waals surface area contributed by atoms with E-state index < -0.39 is 12.0 Å². The molecule has 1 heterocycles. The molecule has 2 rings (SSSR count). The van der Waals surface area contributed by atoms with Crippen molar-refractivity contribution in [2.24, 2.45) is 0 Å². The summed E-state index contributed by atoms with van der Waals surface area (Å²) in [5.74, 6) is -0.530. The van der Waals surface area contributed by atoms with Gasteiger partial charge in [0, 0.05) is 15.9 Å². The summed E-state index contributed by atoms with van der Waals surface area (Å²) >= 11 is 4.92. The molecule has 0 aliphatic carbocycles. The number of halogens is 1. The van der Waals surface area contributed by atoms with Gasteiger partial charge in [0.15, 0.2) is 0 Å². The van der Waals surface area contributed by atoms with Gasteiger partial charge in [-0.25, -0.2) is 9.59 Å². The molecule has 21 heavy (non-hydrogen) atoms. The van der Waals surface area contributed by atoms with E-state index in [1.807, 2.05) is 26.0 Å². The highest BCUT2D eigenvalue weighted by Crippen LogP contribution is 2.32. The highest BCUT2D eigenvalue weighted by Gasteiger charge is 2.40. The number of benzene rings is 1. The third-order valence-electron chi connectivity index (χ3n) is 3.38. The predicted molar refractivity (Wildman–Crippen MR) is 87.7 cm³/mol. The average molecular weight is 373 g/mol. The number of aryl methyl sites for hydroxylation is 1. The number of aliphatic carboxylic acids is 1. The Morgan fingerprint density at radius 2 is 2.24 bits per heavy atom. The molecule has 114 valence electrons. The molecule has 2 atom stereocenters. The fourth-order valence-electron chi connectivity index (χ4n) is 2.20. The number of rotatable bonds is 3. The van der Waals surface area contributed by atoms with Crippen LogP contribution in [0.25, 0.3) is 0 Å². The quantitative estimate of drug-likeness (QED) is 0.851. The van der Waals surface area contributed by atoms with Crippen LogP contribution in [0.3, 0.4) is 0 Å². The molecule has 2 N–H and O–H groups in total. The number of anilines is 1. The maximum Gasteiger partial charge on any atom is 0.327 e. The van der Waals surface area contributed by atoms with Crippen LogP contribution in [0.2, 0.25) is 0 Å². The van der Waals surface area contributed by atoms with Crippen molar-refractivity contribution < 1.29 is 14.7 Å². The van der Waals surface area contributed by atoms with Crippen molar-refractivity contribution in [1.29, 1.82) is 0 Å². The molecular weight excluding hydrogens is 356 g/mol. The van der Waals surface area contributed by atoms with Crippen molar-refractivity contribution in [1.82, 2.24) is 4.90 Å². The molecule has 0 bridgehead atoms. The van der Waals surface area contributed by atoms with Gasteiger partial charge < -0.3 is 10.4 Å². The van der Waals surface area contributed by atoms with Crippen LogP contribution in [0.1, 0.15) is 18.9 Å². The number of nitrogens with zero attached hydrogens (tertiary/aromatic N) is 1. The number of thioether (sulfide) groups is 1. The molecule has 1 aromatic carbocycles. The summed E-state index contributed by atoms with van der Waals surface area (Å²) in [6, 6.07) is 4.37. The van der Waals surface area contributed by atoms with Gasteiger partial charge in [0.25, 0.3) is 0 Å². The number of hydrogen-bond acceptors (Lipinski definition) is 3. The minimum atomic E-state index is -0.960. The smallest absolute Gasteiger partial charge is 0.327 e. The van der Waals surface area contributed by atoms with Gasteiger partial charge in [0.1, 0.15) is 6.04 Å². The largest absolute Gasteiger partial charge is 0.480 e. The zero-order valence-electron chi connectivity index (χ0n) is 11.8. The normalized spacial score (nSPS) is 21.4. The summed E-state index contributed by atoms with van der Waals surface area (Å²) in [4.78, 5) is 25.1. The summed E-state index contributed by atoms with van der Waals surface area (Å²) in [5, 5.41) is 11.9. The lowest BCUT2D eigenvalue weighted by atomic mass is 10.2. The van der Waals surface area contributed by atoms with Crippen molar-refractivity contribution in [3.8, 4) is 0 Å². The molecule has 0 aromatic heterocycles. The topological polar surface area (TPSA) is 69.6 Å². The van der Waals surface area contributed by atoms with E-state index in [0.717, 1.165) is 16.5 Å². The second kappa shape index (κ2) is 6.70. The van der Waals surface area contributed by atoms with Gasteiger partial charge in [0.05, 0.1) is 5.37 Å². The first-order chi connectivity index (χ1) is 9.93. The number of amides is 2. The van der Waals surface area contributed by atoms with E-state index in [-0.39, 0.29) is 11.4 Å². The van der Waals surface area contributed by atoms with Crippen molar-refractivity contribution in [3.05, 3.63) is 28.2 Å². The molecule has 5 nitrogen and oxygen atoms in total. The molecule has 0 saturated carbocycles. The zero-order chi connectivity index (χ0) is 15.6. The minimum absolute atomic E-state index is 0.0972. The number of nitrogens with one attached hydrogen (secondary N) is 1. The summed E-state index contributed by atoms with van der Waals surface area (Å²) in [5.41, 5.74) is 1.72. The molecule has 1 aliphatic heterocycles. The Kier molecular flexibility index (Phi) is 5.16. The van der Waals surface area contributed by atoms with Gasteiger partial charge >= 0.3 is 12.0 Å². The lowest BCUT2D eigenvalue weighted by Crippen LogP contribution is -2.47. The highest BCUT2D eigenvalue weighted by atomic mass is 79.9. The van der Waals surface area contributed by atoms with E-state index in [2.05, 4.69) is 21.2 Å². The Balaban J connectivity index is 2.16. The molecule has 1 aliphatic rings. The molecule has 2 unspecified atom stereocenters. The molecular formula is C14H17BrN2O3S. The van der Waals surface area contributed by atoms with Crippen LogP contribution < -0.4 is 5.32 Å². The van der Waals surface area contributed by atoms with E-state index >= 15 is 0 Å². The second-order valence-electron chi connectivity index (χ2n) is 4.85. The average Bonchev–Trinajstić information content (AvgIpc) is 2.87. The number of hydrogen-bond donors (Lipinski definition) is 2. The Morgan fingerprint density at radius 1 is 1.52 bits per heavy atom. The molecule has 1 aromatic rings. The number of carbonyl (C=O) groups excluding carboxylic acids is 1. The summed E-state index contributed by atoms with van der Waals surface area (Å²) in [6.45, 7) is 3.91. The first-order valence-electron chi connectivity index (χ1n) is 6.64. The van der Waals surface area contributed by atoms with E-state index in [1.165, 1.54) is 16.7 Å². The van der Waals surface area contributed by atoms with Gasteiger partial charge in [-0.3, -0.25) is 4.90 Å². The van der Waals surface area contributed by atoms with E-state index in [9.17, 15) is 14.7 Å². The second-order valence-corrected chi connectivity index (χ2v) is 6.92. The molecule has 0 radical (unpaired) electrons. The Morgan fingerprint density at radius 3 is 2.81 bits per heavy atom. The van der Waals surface area contributed by atoms with Crippen LogP contribution in [0.5, 0.6) is 0 Å². The van der Waals surface area contributed by atoms with Crippen LogP contribution in [0.15, 0.2) is 22.7 Å². The van der Waals surface area contributed by atoms with Crippen LogP contribution in [-0.4, -0.2) is 39.2 Å². The lowest BCUT2D eigenvalue weighted by Gasteiger charge is -2.26. The highest BCUT2D eigenvalue weighted by molar-refractivity contribution is 9.10. The summed E-state index contributed by atoms with van der Waals surface area (Å²) in [6.07, 6.45) is 0.722. The maximum absolute atomic E-state index is 12.4. The van der Waals surface area contributed by atoms with Crippen LogP contribution >= 0.6 is 27.7 Å². The number of carboxylic acid groups (broad SMARTS) is 1. The monoisotopic (exact) mass is 372 g/mol. The Bertz CT molecular complexity index is 567. The summed E-state index contributed by atoms with van der Waals surface area (Å²) in [7, 11) is 0. The van der Waals surface area contributed by atoms with Crippen LogP contribution in [0.4, 0.5) is 10.5 Å².